The lowest BCUT2D eigenvalue weighted by molar-refractivity contribution is -0.385. The monoisotopic (exact) mass is 389 g/mol. The summed E-state index contributed by atoms with van der Waals surface area (Å²) >= 11 is 0. The molecule has 1 aromatic carbocycles. The smallest absolute Gasteiger partial charge is 0.289 e. The maximum Gasteiger partial charge on any atom is 0.289 e. The number of ether oxygens (including phenoxy) is 2. The molecule has 2 aromatic rings. The van der Waals surface area contributed by atoms with Crippen molar-refractivity contribution >= 4 is 17.5 Å². The van der Waals surface area contributed by atoms with Gasteiger partial charge in [0, 0.05) is 32.2 Å². The number of rotatable bonds is 6. The van der Waals surface area contributed by atoms with Gasteiger partial charge in [0.2, 0.25) is 0 Å². The molecule has 2 heterocycles. The third-order valence-corrected chi connectivity index (χ3v) is 4.36. The molecule has 0 atom stereocenters. The number of benzene rings is 1. The summed E-state index contributed by atoms with van der Waals surface area (Å²) in [7, 11) is 1.41. The van der Waals surface area contributed by atoms with Gasteiger partial charge in [0.15, 0.2) is 23.9 Å². The zero-order valence-corrected chi connectivity index (χ0v) is 15.2. The first-order chi connectivity index (χ1) is 13.5. The normalized spacial score (nSPS) is 13.9. The highest BCUT2D eigenvalue weighted by atomic mass is 16.6. The highest BCUT2D eigenvalue weighted by Gasteiger charge is 2.26. The van der Waals surface area contributed by atoms with Crippen molar-refractivity contribution in [2.45, 2.75) is 0 Å². The third kappa shape index (κ3) is 4.22. The van der Waals surface area contributed by atoms with Crippen LogP contribution in [0.2, 0.25) is 0 Å². The Labute approximate surface area is 160 Å². The molecule has 2 amide bonds. The highest BCUT2D eigenvalue weighted by molar-refractivity contribution is 5.91. The van der Waals surface area contributed by atoms with E-state index in [1.807, 2.05) is 0 Å². The van der Waals surface area contributed by atoms with Crippen LogP contribution in [0.25, 0.3) is 0 Å². The van der Waals surface area contributed by atoms with E-state index in [9.17, 15) is 19.7 Å². The Morgan fingerprint density at radius 1 is 1.14 bits per heavy atom. The number of hydrogen-bond acceptors (Lipinski definition) is 7. The molecule has 0 N–H and O–H groups in total. The van der Waals surface area contributed by atoms with E-state index in [1.165, 1.54) is 31.6 Å². The predicted octanol–water partition coefficient (Wildman–Crippen LogP) is 1.56. The molecule has 10 heteroatoms. The van der Waals surface area contributed by atoms with E-state index in [-0.39, 0.29) is 35.6 Å². The number of hydrogen-bond donors (Lipinski definition) is 0. The van der Waals surface area contributed by atoms with Crippen molar-refractivity contribution in [1.29, 1.82) is 0 Å². The Balaban J connectivity index is 1.54. The maximum absolute atomic E-state index is 12.4. The molecule has 148 valence electrons. The van der Waals surface area contributed by atoms with Gasteiger partial charge < -0.3 is 23.7 Å². The average molecular weight is 389 g/mol. The van der Waals surface area contributed by atoms with E-state index in [2.05, 4.69) is 0 Å². The minimum atomic E-state index is -0.552. The largest absolute Gasteiger partial charge is 0.493 e. The van der Waals surface area contributed by atoms with Crippen LogP contribution >= 0.6 is 0 Å². The second-order valence-corrected chi connectivity index (χ2v) is 6.03. The molecule has 0 unspecified atom stereocenters. The molecule has 1 aliphatic rings. The number of nitro groups is 1. The molecule has 28 heavy (non-hydrogen) atoms. The molecule has 0 saturated carbocycles. The molecule has 0 radical (unpaired) electrons. The summed E-state index contributed by atoms with van der Waals surface area (Å²) in [6.45, 7) is 1.20. The molecule has 0 aliphatic carbocycles. The van der Waals surface area contributed by atoms with Crippen LogP contribution in [0.5, 0.6) is 11.5 Å². The zero-order valence-electron chi connectivity index (χ0n) is 15.2. The first-order valence-corrected chi connectivity index (χ1v) is 8.55. The van der Waals surface area contributed by atoms with E-state index in [1.54, 1.807) is 21.9 Å². The van der Waals surface area contributed by atoms with Crippen molar-refractivity contribution in [1.82, 2.24) is 9.80 Å². The van der Waals surface area contributed by atoms with Crippen LogP contribution < -0.4 is 9.47 Å². The van der Waals surface area contributed by atoms with E-state index in [0.29, 0.717) is 31.9 Å². The lowest BCUT2D eigenvalue weighted by atomic mass is 10.2. The predicted molar refractivity (Wildman–Crippen MR) is 96.3 cm³/mol. The molecule has 1 fully saturated rings. The van der Waals surface area contributed by atoms with Crippen LogP contribution in [0.3, 0.4) is 0 Å². The summed E-state index contributed by atoms with van der Waals surface area (Å²) in [5.41, 5.74) is -0.159. The van der Waals surface area contributed by atoms with Crippen molar-refractivity contribution in [3.05, 3.63) is 52.5 Å². The first kappa shape index (κ1) is 19.2. The fourth-order valence-electron chi connectivity index (χ4n) is 2.84. The van der Waals surface area contributed by atoms with Gasteiger partial charge in [-0.15, -0.1) is 0 Å². The third-order valence-electron chi connectivity index (χ3n) is 4.36. The number of methoxy groups -OCH3 is 1. The molecule has 1 saturated heterocycles. The molecule has 1 aromatic heterocycles. The number of furan rings is 1. The van der Waals surface area contributed by atoms with E-state index in [4.69, 9.17) is 13.9 Å². The van der Waals surface area contributed by atoms with E-state index < -0.39 is 4.92 Å². The number of nitro benzene ring substituents is 1. The van der Waals surface area contributed by atoms with Crippen LogP contribution in [0.4, 0.5) is 5.69 Å². The van der Waals surface area contributed by atoms with Gasteiger partial charge >= 0.3 is 0 Å². The summed E-state index contributed by atoms with van der Waals surface area (Å²) < 4.78 is 15.7. The Hall–Kier alpha value is -3.56. The summed E-state index contributed by atoms with van der Waals surface area (Å²) in [6, 6.07) is 7.17. The first-order valence-electron chi connectivity index (χ1n) is 8.55. The topological polar surface area (TPSA) is 115 Å². The number of carbonyl (C=O) groups is 2. The standard InChI is InChI=1S/C18H19N3O7/c1-26-14-5-4-13(21(24)25)11-16(14)28-12-17(22)19-6-8-20(9-7-19)18(23)15-3-2-10-27-15/h2-5,10-11H,6-9,12H2,1H3. The van der Waals surface area contributed by atoms with Gasteiger partial charge in [0.1, 0.15) is 0 Å². The fourth-order valence-corrected chi connectivity index (χ4v) is 2.84. The number of carbonyl (C=O) groups excluding carboxylic acids is 2. The second kappa shape index (κ2) is 8.42. The maximum atomic E-state index is 12.4. The highest BCUT2D eigenvalue weighted by Crippen LogP contribution is 2.31. The van der Waals surface area contributed by atoms with Crippen molar-refractivity contribution in [2.24, 2.45) is 0 Å². The number of nitrogens with zero attached hydrogens (tertiary/aromatic N) is 3. The molecule has 0 bridgehead atoms. The Morgan fingerprint density at radius 3 is 2.46 bits per heavy atom. The van der Waals surface area contributed by atoms with Crippen LogP contribution in [-0.4, -0.2) is 66.4 Å². The molecular formula is C18H19N3O7. The molecule has 10 nitrogen and oxygen atoms in total. The zero-order chi connectivity index (χ0) is 20.1. The molecule has 0 spiro atoms. The van der Waals surface area contributed by atoms with Crippen LogP contribution in [0.15, 0.2) is 41.0 Å². The molecule has 1 aliphatic heterocycles. The van der Waals surface area contributed by atoms with E-state index in [0.717, 1.165) is 0 Å². The van der Waals surface area contributed by atoms with Crippen LogP contribution in [0.1, 0.15) is 10.6 Å². The summed E-state index contributed by atoms with van der Waals surface area (Å²) in [5.74, 6) is 0.193. The summed E-state index contributed by atoms with van der Waals surface area (Å²) in [4.78, 5) is 38.2. The Morgan fingerprint density at radius 2 is 1.86 bits per heavy atom. The van der Waals surface area contributed by atoms with Crippen LogP contribution in [-0.2, 0) is 4.79 Å². The lowest BCUT2D eigenvalue weighted by Gasteiger charge is -2.34. The SMILES string of the molecule is COc1ccc([N+](=O)[O-])cc1OCC(=O)N1CCN(C(=O)c2ccco2)CC1. The number of non-ortho nitro benzene ring substituents is 1. The van der Waals surface area contributed by atoms with Gasteiger partial charge in [-0.25, -0.2) is 0 Å². The fraction of sp³-hybridized carbons (Fsp3) is 0.333. The van der Waals surface area contributed by atoms with E-state index >= 15 is 0 Å². The number of piperazine rings is 1. The Bertz CT molecular complexity index is 858. The molecular weight excluding hydrogens is 370 g/mol. The quantitative estimate of drug-likeness (QED) is 0.544. The summed E-state index contributed by atoms with van der Waals surface area (Å²) in [5, 5.41) is 10.9. The lowest BCUT2D eigenvalue weighted by Crippen LogP contribution is -2.51. The van der Waals surface area contributed by atoms with Gasteiger partial charge in [-0.05, 0) is 18.2 Å². The Kier molecular flexibility index (Phi) is 5.78. The van der Waals surface area contributed by atoms with Crippen LogP contribution in [0, 0.1) is 10.1 Å². The van der Waals surface area contributed by atoms with Gasteiger partial charge in [0.05, 0.1) is 24.4 Å². The summed E-state index contributed by atoms with van der Waals surface area (Å²) in [6.07, 6.45) is 1.44. The molecule has 3 rings (SSSR count). The number of amides is 2. The van der Waals surface area contributed by atoms with Gasteiger partial charge in [-0.2, -0.15) is 0 Å². The van der Waals surface area contributed by atoms with Crippen molar-refractivity contribution in [2.75, 3.05) is 39.9 Å². The second-order valence-electron chi connectivity index (χ2n) is 6.03. The average Bonchev–Trinajstić information content (AvgIpc) is 3.26. The van der Waals surface area contributed by atoms with Crippen molar-refractivity contribution in [3.8, 4) is 11.5 Å². The van der Waals surface area contributed by atoms with Gasteiger partial charge in [-0.1, -0.05) is 0 Å². The van der Waals surface area contributed by atoms with Gasteiger partial charge in [-0.3, -0.25) is 19.7 Å². The van der Waals surface area contributed by atoms with Crippen molar-refractivity contribution in [3.63, 3.8) is 0 Å². The minimum absolute atomic E-state index is 0.122. The minimum Gasteiger partial charge on any atom is -0.493 e. The van der Waals surface area contributed by atoms with Gasteiger partial charge in [0.25, 0.3) is 17.5 Å². The van der Waals surface area contributed by atoms with Crippen molar-refractivity contribution < 1.29 is 28.4 Å².